The SMILES string of the molecule is CCOc1ccc(C2c3c(oc4ccc(C)cc4c3=O)C(=O)N2c2ccc(C)c(Cl)c2)cc1OCC. The number of aryl methyl sites for hydroxylation is 2. The highest BCUT2D eigenvalue weighted by molar-refractivity contribution is 6.31. The van der Waals surface area contributed by atoms with E-state index in [-0.39, 0.29) is 11.2 Å². The van der Waals surface area contributed by atoms with E-state index in [2.05, 4.69) is 0 Å². The first-order chi connectivity index (χ1) is 17.3. The van der Waals surface area contributed by atoms with Gasteiger partial charge < -0.3 is 13.9 Å². The summed E-state index contributed by atoms with van der Waals surface area (Å²) < 4.78 is 17.6. The van der Waals surface area contributed by atoms with Gasteiger partial charge in [0.05, 0.1) is 30.2 Å². The van der Waals surface area contributed by atoms with Crippen molar-refractivity contribution in [2.24, 2.45) is 0 Å². The van der Waals surface area contributed by atoms with Gasteiger partial charge in [-0.05, 0) is 75.2 Å². The monoisotopic (exact) mass is 503 g/mol. The van der Waals surface area contributed by atoms with E-state index < -0.39 is 11.9 Å². The number of halogens is 1. The summed E-state index contributed by atoms with van der Waals surface area (Å²) in [6.07, 6.45) is 0. The molecule has 0 saturated carbocycles. The third kappa shape index (κ3) is 3.91. The molecule has 0 aliphatic carbocycles. The Balaban J connectivity index is 1.79. The number of carbonyl (C=O) groups is 1. The molecule has 0 bridgehead atoms. The molecule has 2 heterocycles. The van der Waals surface area contributed by atoms with Crippen LogP contribution in [0.3, 0.4) is 0 Å². The molecule has 3 aromatic carbocycles. The first-order valence-corrected chi connectivity index (χ1v) is 12.3. The zero-order valence-electron chi connectivity index (χ0n) is 20.6. The first kappa shape index (κ1) is 23.9. The molecule has 1 amide bonds. The number of fused-ring (bicyclic) bond motifs is 2. The molecule has 6 nitrogen and oxygen atoms in total. The normalized spacial score (nSPS) is 14.9. The molecule has 0 N–H and O–H groups in total. The van der Waals surface area contributed by atoms with Gasteiger partial charge in [-0.25, -0.2) is 0 Å². The smallest absolute Gasteiger partial charge is 0.295 e. The summed E-state index contributed by atoms with van der Waals surface area (Å²) in [5.41, 5.74) is 3.52. The molecule has 1 aliphatic rings. The van der Waals surface area contributed by atoms with Crippen LogP contribution in [0.4, 0.5) is 5.69 Å². The Hall–Kier alpha value is -3.77. The van der Waals surface area contributed by atoms with Crippen LogP contribution in [0.25, 0.3) is 11.0 Å². The Morgan fingerprint density at radius 3 is 2.39 bits per heavy atom. The van der Waals surface area contributed by atoms with Crippen LogP contribution in [0.1, 0.15) is 52.7 Å². The third-order valence-corrected chi connectivity index (χ3v) is 6.75. The lowest BCUT2D eigenvalue weighted by molar-refractivity contribution is 0.0971. The fraction of sp³-hybridized carbons (Fsp3) is 0.241. The van der Waals surface area contributed by atoms with Gasteiger partial charge in [0, 0.05) is 10.7 Å². The Morgan fingerprint density at radius 2 is 1.67 bits per heavy atom. The highest BCUT2D eigenvalue weighted by Gasteiger charge is 2.44. The third-order valence-electron chi connectivity index (χ3n) is 6.34. The van der Waals surface area contributed by atoms with Gasteiger partial charge in [-0.2, -0.15) is 0 Å². The van der Waals surface area contributed by atoms with Gasteiger partial charge in [0.2, 0.25) is 5.76 Å². The fourth-order valence-corrected chi connectivity index (χ4v) is 4.81. The number of anilines is 1. The van der Waals surface area contributed by atoms with Crippen LogP contribution in [0.2, 0.25) is 5.02 Å². The van der Waals surface area contributed by atoms with Gasteiger partial charge in [0.25, 0.3) is 5.91 Å². The zero-order chi connectivity index (χ0) is 25.6. The van der Waals surface area contributed by atoms with Gasteiger partial charge in [-0.3, -0.25) is 14.5 Å². The number of hydrogen-bond acceptors (Lipinski definition) is 5. The average molecular weight is 504 g/mol. The molecule has 4 aromatic rings. The Morgan fingerprint density at radius 1 is 0.917 bits per heavy atom. The molecule has 1 unspecified atom stereocenters. The summed E-state index contributed by atoms with van der Waals surface area (Å²) >= 11 is 6.44. The Kier molecular flexibility index (Phi) is 6.22. The molecule has 1 aliphatic heterocycles. The quantitative estimate of drug-likeness (QED) is 0.296. The van der Waals surface area contributed by atoms with E-state index in [1.54, 1.807) is 29.2 Å². The van der Waals surface area contributed by atoms with Gasteiger partial charge in [-0.1, -0.05) is 35.4 Å². The number of rotatable bonds is 6. The van der Waals surface area contributed by atoms with E-state index in [4.69, 9.17) is 25.5 Å². The van der Waals surface area contributed by atoms with Crippen molar-refractivity contribution in [3.8, 4) is 11.5 Å². The van der Waals surface area contributed by atoms with Crippen molar-refractivity contribution in [3.05, 3.63) is 97.9 Å². The van der Waals surface area contributed by atoms with E-state index in [1.165, 1.54) is 0 Å². The second-order valence-corrected chi connectivity index (χ2v) is 9.16. The van der Waals surface area contributed by atoms with Gasteiger partial charge in [0.1, 0.15) is 5.58 Å². The summed E-state index contributed by atoms with van der Waals surface area (Å²) in [7, 11) is 0. The van der Waals surface area contributed by atoms with Crippen molar-refractivity contribution in [3.63, 3.8) is 0 Å². The van der Waals surface area contributed by atoms with Crippen molar-refractivity contribution in [1.82, 2.24) is 0 Å². The number of benzene rings is 3. The minimum Gasteiger partial charge on any atom is -0.490 e. The molecule has 0 radical (unpaired) electrons. The largest absolute Gasteiger partial charge is 0.490 e. The molecule has 184 valence electrons. The molecule has 0 spiro atoms. The predicted octanol–water partition coefficient (Wildman–Crippen LogP) is 6.61. The van der Waals surface area contributed by atoms with E-state index in [9.17, 15) is 9.59 Å². The first-order valence-electron chi connectivity index (χ1n) is 11.9. The van der Waals surface area contributed by atoms with Crippen LogP contribution < -0.4 is 19.8 Å². The molecular weight excluding hydrogens is 478 g/mol. The van der Waals surface area contributed by atoms with Gasteiger partial charge >= 0.3 is 0 Å². The van der Waals surface area contributed by atoms with Crippen LogP contribution in [-0.2, 0) is 0 Å². The maximum Gasteiger partial charge on any atom is 0.295 e. The van der Waals surface area contributed by atoms with E-state index in [1.807, 2.05) is 58.0 Å². The maximum atomic E-state index is 13.9. The summed E-state index contributed by atoms with van der Waals surface area (Å²) in [6.45, 7) is 8.51. The fourth-order valence-electron chi connectivity index (χ4n) is 4.64. The van der Waals surface area contributed by atoms with Crippen LogP contribution in [0, 0.1) is 13.8 Å². The molecular formula is C29H26ClNO5. The second-order valence-electron chi connectivity index (χ2n) is 8.76. The maximum absolute atomic E-state index is 13.9. The lowest BCUT2D eigenvalue weighted by Gasteiger charge is -2.26. The lowest BCUT2D eigenvalue weighted by atomic mass is 9.97. The van der Waals surface area contributed by atoms with Crippen molar-refractivity contribution >= 4 is 34.2 Å². The van der Waals surface area contributed by atoms with Crippen LogP contribution in [0.15, 0.2) is 63.8 Å². The number of carbonyl (C=O) groups excluding carboxylic acids is 1. The highest BCUT2D eigenvalue weighted by atomic mass is 35.5. The van der Waals surface area contributed by atoms with Crippen LogP contribution in [-0.4, -0.2) is 19.1 Å². The number of amides is 1. The van der Waals surface area contributed by atoms with Crippen LogP contribution >= 0.6 is 11.6 Å². The molecule has 5 rings (SSSR count). The topological polar surface area (TPSA) is 69.0 Å². The van der Waals surface area contributed by atoms with Crippen LogP contribution in [0.5, 0.6) is 11.5 Å². The number of ether oxygens (including phenoxy) is 2. The van der Waals surface area contributed by atoms with Crippen molar-refractivity contribution in [2.45, 2.75) is 33.7 Å². The second kappa shape index (κ2) is 9.36. The molecule has 0 saturated heterocycles. The summed E-state index contributed by atoms with van der Waals surface area (Å²) in [4.78, 5) is 29.2. The standard InChI is InChI=1S/C29H26ClNO5/c1-5-34-23-12-9-18(14-24(23)35-6-2)26-25-27(32)20-13-16(3)7-11-22(20)36-28(25)29(33)31(26)19-10-8-17(4)21(30)15-19/h7-15,26H,5-6H2,1-4H3. The lowest BCUT2D eigenvalue weighted by Crippen LogP contribution is -2.29. The Bertz CT molecular complexity index is 1560. The predicted molar refractivity (Wildman–Crippen MR) is 141 cm³/mol. The summed E-state index contributed by atoms with van der Waals surface area (Å²) in [6, 6.07) is 15.5. The summed E-state index contributed by atoms with van der Waals surface area (Å²) in [5, 5.41) is 0.961. The average Bonchev–Trinajstić information content (AvgIpc) is 3.15. The molecule has 1 atom stereocenters. The molecule has 1 aromatic heterocycles. The molecule has 36 heavy (non-hydrogen) atoms. The van der Waals surface area contributed by atoms with Crippen molar-refractivity contribution in [2.75, 3.05) is 18.1 Å². The number of hydrogen-bond donors (Lipinski definition) is 0. The van der Waals surface area contributed by atoms with Crippen molar-refractivity contribution in [1.29, 1.82) is 0 Å². The summed E-state index contributed by atoms with van der Waals surface area (Å²) in [5.74, 6) is 0.769. The van der Waals surface area contributed by atoms with Gasteiger partial charge in [0.15, 0.2) is 16.9 Å². The minimum absolute atomic E-state index is 0.0323. The van der Waals surface area contributed by atoms with E-state index in [0.717, 1.165) is 11.1 Å². The van der Waals surface area contributed by atoms with E-state index in [0.29, 0.717) is 57.5 Å². The number of nitrogens with zero attached hydrogens (tertiary/aromatic N) is 1. The zero-order valence-corrected chi connectivity index (χ0v) is 21.3. The molecule has 0 fully saturated rings. The Labute approximate surface area is 214 Å². The van der Waals surface area contributed by atoms with Gasteiger partial charge in [-0.15, -0.1) is 0 Å². The highest BCUT2D eigenvalue weighted by Crippen LogP contribution is 2.44. The minimum atomic E-state index is -0.734. The molecule has 7 heteroatoms. The van der Waals surface area contributed by atoms with E-state index >= 15 is 0 Å². The van der Waals surface area contributed by atoms with Crippen molar-refractivity contribution < 1.29 is 18.7 Å².